The van der Waals surface area contributed by atoms with Gasteiger partial charge in [-0.25, -0.2) is 4.98 Å². The summed E-state index contributed by atoms with van der Waals surface area (Å²) in [6.45, 7) is 5.33. The number of nitrogens with zero attached hydrogens (tertiary/aromatic N) is 3. The van der Waals surface area contributed by atoms with Crippen LogP contribution in [0, 0.1) is 13.8 Å². The summed E-state index contributed by atoms with van der Waals surface area (Å²) in [5.74, 6) is 1.23. The first kappa shape index (κ1) is 16.3. The first-order chi connectivity index (χ1) is 12.1. The molecule has 1 atom stereocenters. The third-order valence-corrected chi connectivity index (χ3v) is 6.14. The van der Waals surface area contributed by atoms with Gasteiger partial charge in [0.1, 0.15) is 5.76 Å². The van der Waals surface area contributed by atoms with Crippen LogP contribution in [-0.4, -0.2) is 34.0 Å². The zero-order valence-electron chi connectivity index (χ0n) is 14.5. The quantitative estimate of drug-likeness (QED) is 0.716. The molecule has 130 valence electrons. The number of hydrogen-bond donors (Lipinski definition) is 0. The SMILES string of the molecule is Cc1noc(C)c1CC(=O)N1CCC[C@@H](c2nc3ccccc3s2)C1. The van der Waals surface area contributed by atoms with Crippen molar-refractivity contribution >= 4 is 27.5 Å². The van der Waals surface area contributed by atoms with E-state index in [9.17, 15) is 4.79 Å². The number of piperidine rings is 1. The number of benzene rings is 1. The van der Waals surface area contributed by atoms with Crippen LogP contribution in [0.25, 0.3) is 10.2 Å². The number of aromatic nitrogens is 2. The van der Waals surface area contributed by atoms with Crippen molar-refractivity contribution in [1.82, 2.24) is 15.0 Å². The third kappa shape index (κ3) is 3.18. The van der Waals surface area contributed by atoms with Crippen molar-refractivity contribution in [2.24, 2.45) is 0 Å². The first-order valence-electron chi connectivity index (χ1n) is 8.67. The standard InChI is InChI=1S/C19H21N3O2S/c1-12-15(13(2)24-21-12)10-18(23)22-9-5-6-14(11-22)19-20-16-7-3-4-8-17(16)25-19/h3-4,7-8,14H,5-6,9-11H2,1-2H3/t14-/m1/s1. The first-order valence-corrected chi connectivity index (χ1v) is 9.48. The summed E-state index contributed by atoms with van der Waals surface area (Å²) in [6, 6.07) is 8.23. The Bertz CT molecular complexity index is 862. The van der Waals surface area contributed by atoms with Crippen LogP contribution in [0.15, 0.2) is 28.8 Å². The van der Waals surface area contributed by atoms with E-state index in [-0.39, 0.29) is 5.91 Å². The van der Waals surface area contributed by atoms with Gasteiger partial charge >= 0.3 is 0 Å². The lowest BCUT2D eigenvalue weighted by atomic mass is 9.98. The summed E-state index contributed by atoms with van der Waals surface area (Å²) >= 11 is 1.75. The van der Waals surface area contributed by atoms with Gasteiger partial charge in [-0.15, -0.1) is 11.3 Å². The summed E-state index contributed by atoms with van der Waals surface area (Å²) in [5, 5.41) is 5.10. The lowest BCUT2D eigenvalue weighted by Gasteiger charge is -2.32. The topological polar surface area (TPSA) is 59.2 Å². The molecule has 3 aromatic rings. The van der Waals surface area contributed by atoms with Crippen LogP contribution in [0.4, 0.5) is 0 Å². The molecule has 0 bridgehead atoms. The molecule has 0 N–H and O–H groups in total. The van der Waals surface area contributed by atoms with E-state index in [0.717, 1.165) is 53.5 Å². The van der Waals surface area contributed by atoms with Crippen molar-refractivity contribution in [3.05, 3.63) is 46.3 Å². The second-order valence-corrected chi connectivity index (χ2v) is 7.74. The van der Waals surface area contributed by atoms with Crippen molar-refractivity contribution in [1.29, 1.82) is 0 Å². The minimum absolute atomic E-state index is 0.153. The molecular weight excluding hydrogens is 334 g/mol. The average molecular weight is 355 g/mol. The Morgan fingerprint density at radius 1 is 1.36 bits per heavy atom. The molecule has 1 amide bonds. The van der Waals surface area contributed by atoms with Gasteiger partial charge in [0.05, 0.1) is 27.3 Å². The van der Waals surface area contributed by atoms with Gasteiger partial charge in [-0.2, -0.15) is 0 Å². The van der Waals surface area contributed by atoms with Crippen molar-refractivity contribution in [2.45, 2.75) is 39.0 Å². The van der Waals surface area contributed by atoms with E-state index >= 15 is 0 Å². The zero-order valence-corrected chi connectivity index (χ0v) is 15.3. The molecule has 1 aliphatic heterocycles. The number of likely N-dealkylation sites (tertiary alicyclic amines) is 1. The molecule has 0 aliphatic carbocycles. The Labute approximate surface area is 150 Å². The molecule has 0 radical (unpaired) electrons. The Morgan fingerprint density at radius 2 is 2.20 bits per heavy atom. The highest BCUT2D eigenvalue weighted by atomic mass is 32.1. The molecule has 0 spiro atoms. The van der Waals surface area contributed by atoms with E-state index in [0.29, 0.717) is 12.3 Å². The fourth-order valence-corrected chi connectivity index (χ4v) is 4.58. The van der Waals surface area contributed by atoms with E-state index in [1.807, 2.05) is 30.9 Å². The maximum absolute atomic E-state index is 12.8. The molecule has 25 heavy (non-hydrogen) atoms. The second kappa shape index (κ2) is 6.59. The van der Waals surface area contributed by atoms with E-state index in [4.69, 9.17) is 9.51 Å². The van der Waals surface area contributed by atoms with Gasteiger partial charge in [0.2, 0.25) is 5.91 Å². The molecule has 1 aromatic carbocycles. The molecule has 5 nitrogen and oxygen atoms in total. The van der Waals surface area contributed by atoms with E-state index < -0.39 is 0 Å². The molecule has 1 fully saturated rings. The summed E-state index contributed by atoms with van der Waals surface area (Å²) < 4.78 is 6.40. The van der Waals surface area contributed by atoms with E-state index in [1.54, 1.807) is 11.3 Å². The van der Waals surface area contributed by atoms with Crippen molar-refractivity contribution in [2.75, 3.05) is 13.1 Å². The Balaban J connectivity index is 1.49. The van der Waals surface area contributed by atoms with Crippen LogP contribution in [0.1, 0.15) is 40.8 Å². The highest BCUT2D eigenvalue weighted by molar-refractivity contribution is 7.18. The minimum atomic E-state index is 0.153. The van der Waals surface area contributed by atoms with Crippen LogP contribution in [0.3, 0.4) is 0 Å². The van der Waals surface area contributed by atoms with E-state index in [2.05, 4.69) is 17.3 Å². The molecule has 0 unspecified atom stereocenters. The van der Waals surface area contributed by atoms with Crippen molar-refractivity contribution < 1.29 is 9.32 Å². The normalized spacial score (nSPS) is 18.0. The number of rotatable bonds is 3. The maximum Gasteiger partial charge on any atom is 0.227 e. The van der Waals surface area contributed by atoms with E-state index in [1.165, 1.54) is 4.70 Å². The van der Waals surface area contributed by atoms with Gasteiger partial charge in [0.15, 0.2) is 0 Å². The van der Waals surface area contributed by atoms with Crippen LogP contribution >= 0.6 is 11.3 Å². The Hall–Kier alpha value is -2.21. The minimum Gasteiger partial charge on any atom is -0.361 e. The van der Waals surface area contributed by atoms with Gasteiger partial charge in [0.25, 0.3) is 0 Å². The fourth-order valence-electron chi connectivity index (χ4n) is 3.49. The second-order valence-electron chi connectivity index (χ2n) is 6.68. The molecule has 1 saturated heterocycles. The predicted molar refractivity (Wildman–Crippen MR) is 97.9 cm³/mol. The van der Waals surface area contributed by atoms with Gasteiger partial charge in [-0.3, -0.25) is 4.79 Å². The summed E-state index contributed by atoms with van der Waals surface area (Å²) in [5.41, 5.74) is 2.79. The highest BCUT2D eigenvalue weighted by Crippen LogP contribution is 2.33. The fraction of sp³-hybridized carbons (Fsp3) is 0.421. The van der Waals surface area contributed by atoms with Crippen LogP contribution in [0.2, 0.25) is 0 Å². The number of fused-ring (bicyclic) bond motifs is 1. The van der Waals surface area contributed by atoms with Crippen LogP contribution in [-0.2, 0) is 11.2 Å². The molecule has 1 aliphatic rings. The average Bonchev–Trinajstić information content (AvgIpc) is 3.20. The number of amides is 1. The lowest BCUT2D eigenvalue weighted by Crippen LogP contribution is -2.40. The molecule has 2 aromatic heterocycles. The van der Waals surface area contributed by atoms with Gasteiger partial charge < -0.3 is 9.42 Å². The third-order valence-electron chi connectivity index (χ3n) is 4.94. The van der Waals surface area contributed by atoms with Gasteiger partial charge in [-0.1, -0.05) is 17.3 Å². The zero-order chi connectivity index (χ0) is 17.4. The summed E-state index contributed by atoms with van der Waals surface area (Å²) in [7, 11) is 0. The van der Waals surface area contributed by atoms with Gasteiger partial charge in [-0.05, 0) is 38.8 Å². The Kier molecular flexibility index (Phi) is 4.29. The monoisotopic (exact) mass is 355 g/mol. The molecule has 0 saturated carbocycles. The molecular formula is C19H21N3O2S. The molecule has 4 rings (SSSR count). The number of carbonyl (C=O) groups excluding carboxylic acids is 1. The summed E-state index contributed by atoms with van der Waals surface area (Å²) in [6.07, 6.45) is 2.48. The predicted octanol–water partition coefficient (Wildman–Crippen LogP) is 3.85. The lowest BCUT2D eigenvalue weighted by molar-refractivity contribution is -0.131. The van der Waals surface area contributed by atoms with Crippen molar-refractivity contribution in [3.63, 3.8) is 0 Å². The highest BCUT2D eigenvalue weighted by Gasteiger charge is 2.27. The number of aryl methyl sites for hydroxylation is 2. The number of para-hydroxylation sites is 1. The van der Waals surface area contributed by atoms with Crippen molar-refractivity contribution in [3.8, 4) is 0 Å². The van der Waals surface area contributed by atoms with Gasteiger partial charge in [0, 0.05) is 24.6 Å². The van der Waals surface area contributed by atoms with Crippen LogP contribution < -0.4 is 0 Å². The van der Waals surface area contributed by atoms with Crippen LogP contribution in [0.5, 0.6) is 0 Å². The number of carbonyl (C=O) groups is 1. The smallest absolute Gasteiger partial charge is 0.227 e. The number of thiazole rings is 1. The summed E-state index contributed by atoms with van der Waals surface area (Å²) in [4.78, 5) is 19.5. The maximum atomic E-state index is 12.8. The molecule has 6 heteroatoms. The number of hydrogen-bond acceptors (Lipinski definition) is 5. The molecule has 3 heterocycles. The Morgan fingerprint density at radius 3 is 2.96 bits per heavy atom. The largest absolute Gasteiger partial charge is 0.361 e.